The third-order valence-corrected chi connectivity index (χ3v) is 4.89. The molecule has 1 heterocycles. The van der Waals surface area contributed by atoms with Gasteiger partial charge >= 0.3 is 0 Å². The maximum Gasteiger partial charge on any atom is 0.262 e. The van der Waals surface area contributed by atoms with Crippen LogP contribution in [-0.2, 0) is 17.1 Å². The largest absolute Gasteiger partial charge is 0.394 e. The number of aliphatic hydroxyl groups excluding tert-OH is 1. The SMILES string of the molecule is Cc1nc(S(=O)(=O)N(C)C(C)(C)CO)cn1C. The van der Waals surface area contributed by atoms with Gasteiger partial charge in [-0.05, 0) is 20.8 Å². The normalized spacial score (nSPS) is 13.4. The lowest BCUT2D eigenvalue weighted by molar-refractivity contribution is 0.137. The van der Waals surface area contributed by atoms with E-state index in [1.165, 1.54) is 13.2 Å². The highest BCUT2D eigenvalue weighted by atomic mass is 32.2. The van der Waals surface area contributed by atoms with Gasteiger partial charge < -0.3 is 9.67 Å². The number of hydrogen-bond donors (Lipinski definition) is 1. The number of hydrogen-bond acceptors (Lipinski definition) is 4. The van der Waals surface area contributed by atoms with Crippen LogP contribution in [-0.4, -0.2) is 46.6 Å². The minimum absolute atomic E-state index is 0.00141. The molecular weight excluding hydrogens is 242 g/mol. The third-order valence-electron chi connectivity index (χ3n) is 2.95. The van der Waals surface area contributed by atoms with Gasteiger partial charge in [0.25, 0.3) is 10.0 Å². The Morgan fingerprint density at radius 1 is 1.53 bits per heavy atom. The molecular formula is C10H19N3O3S. The van der Waals surface area contributed by atoms with Crippen molar-refractivity contribution in [2.45, 2.75) is 31.3 Å². The minimum atomic E-state index is -3.67. The van der Waals surface area contributed by atoms with Gasteiger partial charge in [0.1, 0.15) is 5.82 Å². The third kappa shape index (κ3) is 2.51. The summed E-state index contributed by atoms with van der Waals surface area (Å²) in [7, 11) is -0.494. The van der Waals surface area contributed by atoms with Crippen molar-refractivity contribution < 1.29 is 13.5 Å². The van der Waals surface area contributed by atoms with Crippen LogP contribution in [0.15, 0.2) is 11.2 Å². The highest BCUT2D eigenvalue weighted by Gasteiger charge is 2.35. The Bertz CT molecular complexity index is 485. The molecule has 6 nitrogen and oxygen atoms in total. The monoisotopic (exact) mass is 261 g/mol. The Kier molecular flexibility index (Phi) is 3.66. The molecule has 0 aromatic carbocycles. The van der Waals surface area contributed by atoms with Crippen LogP contribution in [0.3, 0.4) is 0 Å². The molecule has 0 aliphatic carbocycles. The second-order valence-electron chi connectivity index (χ2n) is 4.68. The van der Waals surface area contributed by atoms with Gasteiger partial charge in [-0.2, -0.15) is 4.31 Å². The zero-order valence-electron chi connectivity index (χ0n) is 10.8. The average molecular weight is 261 g/mol. The molecule has 98 valence electrons. The minimum Gasteiger partial charge on any atom is -0.394 e. The van der Waals surface area contributed by atoms with Gasteiger partial charge in [-0.1, -0.05) is 0 Å². The molecule has 17 heavy (non-hydrogen) atoms. The predicted octanol–water partition coefficient (Wildman–Crippen LogP) is 0.120. The quantitative estimate of drug-likeness (QED) is 0.835. The van der Waals surface area contributed by atoms with E-state index in [4.69, 9.17) is 0 Å². The number of likely N-dealkylation sites (N-methyl/N-ethyl adjacent to an activating group) is 1. The van der Waals surface area contributed by atoms with Gasteiger partial charge in [0.2, 0.25) is 0 Å². The van der Waals surface area contributed by atoms with Crippen LogP contribution in [0, 0.1) is 6.92 Å². The number of sulfonamides is 1. The molecule has 0 bridgehead atoms. The van der Waals surface area contributed by atoms with Crippen molar-refractivity contribution in [2.75, 3.05) is 13.7 Å². The Hall–Kier alpha value is -0.920. The van der Waals surface area contributed by atoms with Gasteiger partial charge in [-0.15, -0.1) is 0 Å². The zero-order chi connectivity index (χ0) is 13.4. The predicted molar refractivity (Wildman–Crippen MR) is 64.1 cm³/mol. The van der Waals surface area contributed by atoms with E-state index in [2.05, 4.69) is 4.98 Å². The van der Waals surface area contributed by atoms with E-state index in [9.17, 15) is 13.5 Å². The van der Waals surface area contributed by atoms with Gasteiger partial charge in [-0.25, -0.2) is 13.4 Å². The fourth-order valence-electron chi connectivity index (χ4n) is 1.22. The van der Waals surface area contributed by atoms with Crippen molar-refractivity contribution >= 4 is 10.0 Å². The topological polar surface area (TPSA) is 75.4 Å². The van der Waals surface area contributed by atoms with Gasteiger partial charge in [0.15, 0.2) is 5.03 Å². The number of imidazole rings is 1. The fourth-order valence-corrected chi connectivity index (χ4v) is 2.74. The molecule has 1 N–H and O–H groups in total. The maximum absolute atomic E-state index is 12.2. The van der Waals surface area contributed by atoms with E-state index < -0.39 is 15.6 Å². The standard InChI is InChI=1S/C10H19N3O3S/c1-8-11-9(6-12(8)4)17(15,16)13(5)10(2,3)7-14/h6,14H,7H2,1-5H3. The molecule has 0 aliphatic heterocycles. The molecule has 1 aromatic heterocycles. The van der Waals surface area contributed by atoms with Crippen LogP contribution in [0.5, 0.6) is 0 Å². The van der Waals surface area contributed by atoms with E-state index in [1.54, 1.807) is 32.4 Å². The smallest absolute Gasteiger partial charge is 0.262 e. The summed E-state index contributed by atoms with van der Waals surface area (Å²) in [4.78, 5) is 4.00. The molecule has 1 aromatic rings. The summed E-state index contributed by atoms with van der Waals surface area (Å²) in [6, 6.07) is 0. The van der Waals surface area contributed by atoms with E-state index in [0.717, 1.165) is 4.31 Å². The first-order chi connectivity index (χ1) is 7.63. The van der Waals surface area contributed by atoms with Crippen molar-refractivity contribution in [1.29, 1.82) is 0 Å². The average Bonchev–Trinajstić information content (AvgIpc) is 2.58. The molecule has 0 unspecified atom stereocenters. The number of aryl methyl sites for hydroxylation is 2. The van der Waals surface area contributed by atoms with Crippen molar-refractivity contribution in [3.05, 3.63) is 12.0 Å². The lowest BCUT2D eigenvalue weighted by atomic mass is 10.1. The molecule has 0 radical (unpaired) electrons. The maximum atomic E-state index is 12.2. The summed E-state index contributed by atoms with van der Waals surface area (Å²) in [6.45, 7) is 4.78. The summed E-state index contributed by atoms with van der Waals surface area (Å²) in [5.74, 6) is 0.624. The summed E-state index contributed by atoms with van der Waals surface area (Å²) in [6.07, 6.45) is 1.47. The molecule has 0 amide bonds. The number of rotatable bonds is 4. The molecule has 0 saturated heterocycles. The Labute approximate surface area is 102 Å². The van der Waals surface area contributed by atoms with Crippen LogP contribution in [0.4, 0.5) is 0 Å². The first kappa shape index (κ1) is 14.1. The molecule has 7 heteroatoms. The summed E-state index contributed by atoms with van der Waals surface area (Å²) in [5.41, 5.74) is -0.857. The van der Waals surface area contributed by atoms with Gasteiger partial charge in [0.05, 0.1) is 12.1 Å². The first-order valence-corrected chi connectivity index (χ1v) is 6.67. The van der Waals surface area contributed by atoms with E-state index in [0.29, 0.717) is 5.82 Å². The second-order valence-corrected chi connectivity index (χ2v) is 6.60. The Morgan fingerprint density at radius 3 is 2.41 bits per heavy atom. The zero-order valence-corrected chi connectivity index (χ0v) is 11.6. The van der Waals surface area contributed by atoms with Crippen LogP contribution < -0.4 is 0 Å². The van der Waals surface area contributed by atoms with Crippen LogP contribution in [0.25, 0.3) is 0 Å². The Balaban J connectivity index is 3.20. The second kappa shape index (κ2) is 4.40. The van der Waals surface area contributed by atoms with Crippen LogP contribution in [0.1, 0.15) is 19.7 Å². The van der Waals surface area contributed by atoms with Crippen LogP contribution in [0.2, 0.25) is 0 Å². The molecule has 0 fully saturated rings. The first-order valence-electron chi connectivity index (χ1n) is 5.23. The van der Waals surface area contributed by atoms with Crippen molar-refractivity contribution in [2.24, 2.45) is 7.05 Å². The summed E-state index contributed by atoms with van der Waals surface area (Å²) >= 11 is 0. The van der Waals surface area contributed by atoms with Crippen LogP contribution >= 0.6 is 0 Å². The molecule has 0 saturated carbocycles. The highest BCUT2D eigenvalue weighted by molar-refractivity contribution is 7.89. The number of aromatic nitrogens is 2. The molecule has 0 spiro atoms. The lowest BCUT2D eigenvalue weighted by Crippen LogP contribution is -2.47. The molecule has 1 rings (SSSR count). The van der Waals surface area contributed by atoms with Crippen molar-refractivity contribution in [1.82, 2.24) is 13.9 Å². The summed E-state index contributed by atoms with van der Waals surface area (Å²) < 4.78 is 27.3. The number of aliphatic hydroxyl groups is 1. The lowest BCUT2D eigenvalue weighted by Gasteiger charge is -2.31. The van der Waals surface area contributed by atoms with Crippen molar-refractivity contribution in [3.63, 3.8) is 0 Å². The molecule has 0 atom stereocenters. The Morgan fingerprint density at radius 2 is 2.06 bits per heavy atom. The number of nitrogens with zero attached hydrogens (tertiary/aromatic N) is 3. The van der Waals surface area contributed by atoms with E-state index in [1.807, 2.05) is 0 Å². The fraction of sp³-hybridized carbons (Fsp3) is 0.700. The van der Waals surface area contributed by atoms with Gasteiger partial charge in [0, 0.05) is 20.3 Å². The molecule has 0 aliphatic rings. The van der Waals surface area contributed by atoms with Crippen molar-refractivity contribution in [3.8, 4) is 0 Å². The summed E-state index contributed by atoms with van der Waals surface area (Å²) in [5, 5.41) is 9.20. The highest BCUT2D eigenvalue weighted by Crippen LogP contribution is 2.21. The van der Waals surface area contributed by atoms with E-state index in [-0.39, 0.29) is 11.6 Å². The van der Waals surface area contributed by atoms with E-state index >= 15 is 0 Å². The van der Waals surface area contributed by atoms with Gasteiger partial charge in [-0.3, -0.25) is 0 Å².